The Balaban J connectivity index is 1.76. The zero-order chi connectivity index (χ0) is 22.6. The van der Waals surface area contributed by atoms with Crippen molar-refractivity contribution in [2.24, 2.45) is 17.3 Å². The Morgan fingerprint density at radius 1 is 0.935 bits per heavy atom. The van der Waals surface area contributed by atoms with Crippen LogP contribution in [0.3, 0.4) is 0 Å². The number of nitrogens with one attached hydrogen (secondary N) is 2. The van der Waals surface area contributed by atoms with E-state index in [4.69, 9.17) is 8.37 Å². The van der Waals surface area contributed by atoms with Crippen LogP contribution in [-0.2, 0) is 31.8 Å². The van der Waals surface area contributed by atoms with Gasteiger partial charge in [0.2, 0.25) is 0 Å². The molecule has 4 rings (SSSR count). The lowest BCUT2D eigenvalue weighted by molar-refractivity contribution is -0.129. The summed E-state index contributed by atoms with van der Waals surface area (Å²) in [5.74, 6) is 0.817. The zero-order valence-corrected chi connectivity index (χ0v) is 19.4. The summed E-state index contributed by atoms with van der Waals surface area (Å²) in [5.41, 5.74) is 1.61. The summed E-state index contributed by atoms with van der Waals surface area (Å²) >= 11 is 0. The van der Waals surface area contributed by atoms with Crippen molar-refractivity contribution < 1.29 is 30.0 Å². The van der Waals surface area contributed by atoms with Gasteiger partial charge in [0.25, 0.3) is 0 Å². The Labute approximate surface area is 183 Å². The number of hydrogen-bond donors (Lipinski definition) is 2. The summed E-state index contributed by atoms with van der Waals surface area (Å²) in [6.45, 7) is 2.09. The van der Waals surface area contributed by atoms with Gasteiger partial charge in [0.05, 0.1) is 0 Å². The minimum atomic E-state index is -4.13. The van der Waals surface area contributed by atoms with E-state index in [1.165, 1.54) is 14.1 Å². The summed E-state index contributed by atoms with van der Waals surface area (Å²) in [6.07, 6.45) is 4.74. The molecule has 0 aliphatic heterocycles. The summed E-state index contributed by atoms with van der Waals surface area (Å²) < 4.78 is 62.3. The van der Waals surface area contributed by atoms with Crippen LogP contribution >= 0.6 is 0 Å². The van der Waals surface area contributed by atoms with Crippen LogP contribution in [0, 0.1) is 17.3 Å². The third-order valence-corrected chi connectivity index (χ3v) is 9.20. The van der Waals surface area contributed by atoms with Gasteiger partial charge >= 0.3 is 20.6 Å². The maximum Gasteiger partial charge on any atom is 0.382 e. The Bertz CT molecular complexity index is 1120. The standard InChI is InChI=1S/C20H28N2O7S2/c1-20-9-8-13-14(16(20)6-7-19(20)23)5-4-12-10-17(28-30(24,25)21-2)18(11-15(12)13)29-31(26,27)22-3/h10-11,13-14,16,21-22H,4-9H2,1-3H3/t13-,14+,16-,20-/m0/s1. The molecular formula is C20H28N2O7S2. The van der Waals surface area contributed by atoms with Crippen molar-refractivity contribution in [1.29, 1.82) is 0 Å². The van der Waals surface area contributed by atoms with Crippen LogP contribution in [-0.4, -0.2) is 36.7 Å². The molecule has 172 valence electrons. The molecule has 0 amide bonds. The molecule has 2 N–H and O–H groups in total. The van der Waals surface area contributed by atoms with Crippen LogP contribution in [0.15, 0.2) is 12.1 Å². The molecule has 4 atom stereocenters. The lowest BCUT2D eigenvalue weighted by Crippen LogP contribution is -2.42. The van der Waals surface area contributed by atoms with Crippen LogP contribution in [0.1, 0.15) is 56.1 Å². The van der Waals surface area contributed by atoms with E-state index in [2.05, 4.69) is 16.4 Å². The monoisotopic (exact) mass is 472 g/mol. The number of benzene rings is 1. The van der Waals surface area contributed by atoms with Crippen molar-refractivity contribution >= 4 is 26.4 Å². The van der Waals surface area contributed by atoms with E-state index in [0.29, 0.717) is 30.5 Å². The van der Waals surface area contributed by atoms with Crippen molar-refractivity contribution in [2.75, 3.05) is 14.1 Å². The highest BCUT2D eigenvalue weighted by Gasteiger charge is 2.54. The molecule has 9 nitrogen and oxygen atoms in total. The smallest absolute Gasteiger partial charge is 0.367 e. The second kappa shape index (κ2) is 7.72. The van der Waals surface area contributed by atoms with Gasteiger partial charge in [-0.1, -0.05) is 6.92 Å². The lowest BCUT2D eigenvalue weighted by Gasteiger charge is -2.48. The predicted octanol–water partition coefficient (Wildman–Crippen LogP) is 1.80. The number of carbonyl (C=O) groups excluding carboxylic acids is 1. The van der Waals surface area contributed by atoms with E-state index in [9.17, 15) is 21.6 Å². The normalized spacial score (nSPS) is 30.3. The molecule has 0 bridgehead atoms. The molecule has 0 radical (unpaired) electrons. The predicted molar refractivity (Wildman–Crippen MR) is 113 cm³/mol. The van der Waals surface area contributed by atoms with Gasteiger partial charge in [-0.15, -0.1) is 0 Å². The minimum absolute atomic E-state index is 0.169. The molecule has 1 aromatic rings. The fourth-order valence-electron chi connectivity index (χ4n) is 5.80. The van der Waals surface area contributed by atoms with Gasteiger partial charge in [0, 0.05) is 25.9 Å². The number of Topliss-reactive ketones (excluding diaryl/α,β-unsaturated/α-hetero) is 1. The molecule has 11 heteroatoms. The highest BCUT2D eigenvalue weighted by atomic mass is 32.2. The minimum Gasteiger partial charge on any atom is -0.367 e. The topological polar surface area (TPSA) is 128 Å². The van der Waals surface area contributed by atoms with Crippen molar-refractivity contribution in [3.63, 3.8) is 0 Å². The maximum absolute atomic E-state index is 12.5. The molecule has 0 unspecified atom stereocenters. The quantitative estimate of drug-likeness (QED) is 0.646. The lowest BCUT2D eigenvalue weighted by atomic mass is 9.55. The number of hydrogen-bond acceptors (Lipinski definition) is 7. The first kappa shape index (κ1) is 22.5. The zero-order valence-electron chi connectivity index (χ0n) is 17.8. The summed E-state index contributed by atoms with van der Waals surface area (Å²) in [4.78, 5) is 12.5. The summed E-state index contributed by atoms with van der Waals surface area (Å²) in [7, 11) is -5.85. The first-order chi connectivity index (χ1) is 14.5. The third kappa shape index (κ3) is 3.96. The third-order valence-electron chi connectivity index (χ3n) is 7.40. The van der Waals surface area contributed by atoms with Crippen molar-refractivity contribution in [1.82, 2.24) is 9.44 Å². The second-order valence-corrected chi connectivity index (χ2v) is 11.8. The van der Waals surface area contributed by atoms with Crippen LogP contribution < -0.4 is 17.8 Å². The summed E-state index contributed by atoms with van der Waals surface area (Å²) in [6, 6.07) is 3.16. The van der Waals surface area contributed by atoms with E-state index in [1.807, 2.05) is 0 Å². The molecule has 0 aromatic heterocycles. The van der Waals surface area contributed by atoms with E-state index in [1.54, 1.807) is 12.1 Å². The Kier molecular flexibility index (Phi) is 5.60. The fraction of sp³-hybridized carbons (Fsp3) is 0.650. The fourth-order valence-corrected chi connectivity index (χ4v) is 6.70. The van der Waals surface area contributed by atoms with Gasteiger partial charge in [-0.2, -0.15) is 26.3 Å². The molecular weight excluding hydrogens is 444 g/mol. The van der Waals surface area contributed by atoms with Crippen LogP contribution in [0.5, 0.6) is 11.5 Å². The first-order valence-electron chi connectivity index (χ1n) is 10.5. The molecule has 2 saturated carbocycles. The largest absolute Gasteiger partial charge is 0.382 e. The molecule has 3 aliphatic rings. The molecule has 2 fully saturated rings. The van der Waals surface area contributed by atoms with E-state index < -0.39 is 20.6 Å². The van der Waals surface area contributed by atoms with Crippen molar-refractivity contribution in [3.05, 3.63) is 23.3 Å². The highest BCUT2D eigenvalue weighted by Crippen LogP contribution is 2.60. The molecule has 0 spiro atoms. The first-order valence-corrected chi connectivity index (χ1v) is 13.3. The van der Waals surface area contributed by atoms with Crippen LogP contribution in [0.25, 0.3) is 0 Å². The Hall–Kier alpha value is -1.69. The molecule has 0 heterocycles. The highest BCUT2D eigenvalue weighted by molar-refractivity contribution is 7.85. The number of fused-ring (bicyclic) bond motifs is 5. The van der Waals surface area contributed by atoms with Gasteiger partial charge in [0.1, 0.15) is 5.78 Å². The Morgan fingerprint density at radius 3 is 2.16 bits per heavy atom. The Morgan fingerprint density at radius 2 is 1.55 bits per heavy atom. The number of aryl methyl sites for hydroxylation is 1. The van der Waals surface area contributed by atoms with E-state index >= 15 is 0 Å². The average Bonchev–Trinajstić information content (AvgIpc) is 3.03. The SMILES string of the molecule is CNS(=O)(=O)Oc1cc2c(cc1OS(=O)(=O)NC)[C@H]1CC[C@]3(C)C(=O)CC[C@H]3[C@@H]1CC2. The van der Waals surface area contributed by atoms with Crippen LogP contribution in [0.4, 0.5) is 0 Å². The van der Waals surface area contributed by atoms with E-state index in [-0.39, 0.29) is 22.8 Å². The summed E-state index contributed by atoms with van der Waals surface area (Å²) in [5, 5.41) is 0. The number of rotatable bonds is 6. The van der Waals surface area contributed by atoms with Gasteiger partial charge in [-0.05, 0) is 73.1 Å². The molecule has 1 aromatic carbocycles. The number of carbonyl (C=O) groups is 1. The molecule has 31 heavy (non-hydrogen) atoms. The van der Waals surface area contributed by atoms with Crippen molar-refractivity contribution in [2.45, 2.75) is 51.4 Å². The average molecular weight is 473 g/mol. The maximum atomic E-state index is 12.5. The van der Waals surface area contributed by atoms with Gasteiger partial charge in [-0.3, -0.25) is 4.79 Å². The van der Waals surface area contributed by atoms with Gasteiger partial charge in [-0.25, -0.2) is 0 Å². The number of ketones is 1. The van der Waals surface area contributed by atoms with Crippen LogP contribution in [0.2, 0.25) is 0 Å². The van der Waals surface area contributed by atoms with Gasteiger partial charge < -0.3 is 8.37 Å². The van der Waals surface area contributed by atoms with Gasteiger partial charge in [0.15, 0.2) is 11.5 Å². The van der Waals surface area contributed by atoms with E-state index in [0.717, 1.165) is 36.8 Å². The van der Waals surface area contributed by atoms with Crippen molar-refractivity contribution in [3.8, 4) is 11.5 Å². The second-order valence-electron chi connectivity index (χ2n) is 8.81. The molecule has 0 saturated heterocycles. The molecule has 3 aliphatic carbocycles.